The van der Waals surface area contributed by atoms with Gasteiger partial charge in [0.2, 0.25) is 11.2 Å². The second kappa shape index (κ2) is 8.24. The first-order chi connectivity index (χ1) is 13.7. The van der Waals surface area contributed by atoms with Crippen molar-refractivity contribution in [3.8, 4) is 0 Å². The molecule has 3 aromatic rings. The molecule has 8 nitrogen and oxygen atoms in total. The van der Waals surface area contributed by atoms with Gasteiger partial charge in [0.15, 0.2) is 11.2 Å². The van der Waals surface area contributed by atoms with Crippen molar-refractivity contribution in [2.45, 2.75) is 32.9 Å². The number of fused-ring (bicyclic) bond motifs is 1. The third kappa shape index (κ3) is 4.12. The van der Waals surface area contributed by atoms with E-state index in [0.29, 0.717) is 5.92 Å². The van der Waals surface area contributed by atoms with Crippen LogP contribution in [-0.2, 0) is 25.4 Å². The summed E-state index contributed by atoms with van der Waals surface area (Å²) in [6.07, 6.45) is 0.768. The SMILES string of the molecule is CC(C)C[C@H](NC(=O)Cn1c(Cl)nc2c1c(=O)n(C)c(=O)n2C)c1ccccc1. The lowest BCUT2D eigenvalue weighted by molar-refractivity contribution is -0.122. The molecule has 0 aliphatic carbocycles. The van der Waals surface area contributed by atoms with Gasteiger partial charge in [-0.1, -0.05) is 44.2 Å². The van der Waals surface area contributed by atoms with Crippen molar-refractivity contribution < 1.29 is 4.79 Å². The van der Waals surface area contributed by atoms with E-state index in [1.54, 1.807) is 0 Å². The lowest BCUT2D eigenvalue weighted by Gasteiger charge is -2.21. The van der Waals surface area contributed by atoms with E-state index in [1.165, 1.54) is 23.2 Å². The molecular weight excluding hydrogens is 394 g/mol. The smallest absolute Gasteiger partial charge is 0.332 e. The molecule has 0 aliphatic rings. The van der Waals surface area contributed by atoms with Crippen LogP contribution in [0.25, 0.3) is 11.2 Å². The summed E-state index contributed by atoms with van der Waals surface area (Å²) in [7, 11) is 2.88. The first-order valence-electron chi connectivity index (χ1n) is 9.36. The summed E-state index contributed by atoms with van der Waals surface area (Å²) in [5.41, 5.74) is 0.230. The predicted molar refractivity (Wildman–Crippen MR) is 112 cm³/mol. The van der Waals surface area contributed by atoms with E-state index < -0.39 is 11.2 Å². The topological polar surface area (TPSA) is 90.9 Å². The van der Waals surface area contributed by atoms with Crippen molar-refractivity contribution in [3.63, 3.8) is 0 Å². The summed E-state index contributed by atoms with van der Waals surface area (Å²) in [4.78, 5) is 41.6. The standard InChI is InChI=1S/C20H24ClN5O3/c1-12(2)10-14(13-8-6-5-7-9-13)22-15(27)11-26-16-17(23-19(26)21)24(3)20(29)25(4)18(16)28/h5-9,12,14H,10-11H2,1-4H3,(H,22,27)/t14-/m0/s1. The monoisotopic (exact) mass is 417 g/mol. The molecule has 1 atom stereocenters. The van der Waals surface area contributed by atoms with Crippen LogP contribution in [0.1, 0.15) is 31.9 Å². The number of benzene rings is 1. The number of aryl methyl sites for hydroxylation is 1. The van der Waals surface area contributed by atoms with Crippen molar-refractivity contribution in [3.05, 3.63) is 62.0 Å². The van der Waals surface area contributed by atoms with Gasteiger partial charge in [-0.15, -0.1) is 0 Å². The third-order valence-electron chi connectivity index (χ3n) is 4.85. The summed E-state index contributed by atoms with van der Waals surface area (Å²) >= 11 is 6.21. The Balaban J connectivity index is 1.94. The number of nitrogens with zero attached hydrogens (tertiary/aromatic N) is 4. The Morgan fingerprint density at radius 2 is 1.79 bits per heavy atom. The highest BCUT2D eigenvalue weighted by atomic mass is 35.5. The molecule has 2 aromatic heterocycles. The number of carbonyl (C=O) groups is 1. The van der Waals surface area contributed by atoms with E-state index in [4.69, 9.17) is 11.6 Å². The Bertz CT molecular complexity index is 1160. The number of rotatable bonds is 6. The van der Waals surface area contributed by atoms with Crippen LogP contribution < -0.4 is 16.6 Å². The molecule has 0 radical (unpaired) electrons. The van der Waals surface area contributed by atoms with Crippen molar-refractivity contribution >= 4 is 28.7 Å². The molecular formula is C20H24ClN5O3. The van der Waals surface area contributed by atoms with Crippen LogP contribution in [0.2, 0.25) is 5.28 Å². The number of nitrogens with one attached hydrogen (secondary N) is 1. The number of aromatic nitrogens is 4. The van der Waals surface area contributed by atoms with E-state index in [2.05, 4.69) is 24.1 Å². The molecule has 1 N–H and O–H groups in total. The van der Waals surface area contributed by atoms with Crippen LogP contribution in [-0.4, -0.2) is 24.6 Å². The van der Waals surface area contributed by atoms with E-state index in [1.807, 2.05) is 30.3 Å². The number of hydrogen-bond donors (Lipinski definition) is 1. The van der Waals surface area contributed by atoms with Gasteiger partial charge in [-0.05, 0) is 29.5 Å². The third-order valence-corrected chi connectivity index (χ3v) is 5.14. The normalized spacial score (nSPS) is 12.5. The summed E-state index contributed by atoms with van der Waals surface area (Å²) in [5.74, 6) is 0.0802. The van der Waals surface area contributed by atoms with Crippen molar-refractivity contribution in [2.75, 3.05) is 0 Å². The highest BCUT2D eigenvalue weighted by Gasteiger charge is 2.21. The molecule has 29 heavy (non-hydrogen) atoms. The Kier molecular flexibility index (Phi) is 5.93. The quantitative estimate of drug-likeness (QED) is 0.621. The maximum Gasteiger partial charge on any atom is 0.332 e. The molecule has 0 aliphatic heterocycles. The average Bonchev–Trinajstić information content (AvgIpc) is 3.01. The lowest BCUT2D eigenvalue weighted by atomic mass is 9.97. The minimum absolute atomic E-state index is 0.0198. The van der Waals surface area contributed by atoms with Crippen LogP contribution in [0.15, 0.2) is 39.9 Å². The molecule has 3 rings (SSSR count). The van der Waals surface area contributed by atoms with Crippen LogP contribution in [0.4, 0.5) is 0 Å². The van der Waals surface area contributed by atoms with Gasteiger partial charge < -0.3 is 5.32 Å². The van der Waals surface area contributed by atoms with E-state index in [0.717, 1.165) is 16.6 Å². The van der Waals surface area contributed by atoms with Crippen molar-refractivity contribution in [1.29, 1.82) is 0 Å². The van der Waals surface area contributed by atoms with Gasteiger partial charge in [-0.25, -0.2) is 4.79 Å². The first kappa shape index (κ1) is 20.9. The Morgan fingerprint density at radius 1 is 1.14 bits per heavy atom. The molecule has 0 saturated carbocycles. The molecule has 1 amide bonds. The summed E-state index contributed by atoms with van der Waals surface area (Å²) < 4.78 is 3.55. The first-order valence-corrected chi connectivity index (χ1v) is 9.74. The fraction of sp³-hybridized carbons (Fsp3) is 0.400. The zero-order valence-corrected chi connectivity index (χ0v) is 17.6. The van der Waals surface area contributed by atoms with Gasteiger partial charge in [-0.3, -0.25) is 23.3 Å². The van der Waals surface area contributed by atoms with Gasteiger partial charge in [-0.2, -0.15) is 4.98 Å². The number of imidazole rings is 1. The van der Waals surface area contributed by atoms with E-state index in [-0.39, 0.29) is 34.9 Å². The van der Waals surface area contributed by atoms with Crippen LogP contribution >= 0.6 is 11.6 Å². The van der Waals surface area contributed by atoms with Gasteiger partial charge in [0, 0.05) is 14.1 Å². The van der Waals surface area contributed by atoms with Crippen LogP contribution in [0.5, 0.6) is 0 Å². The predicted octanol–water partition coefficient (Wildman–Crippen LogP) is 1.99. The average molecular weight is 418 g/mol. The summed E-state index contributed by atoms with van der Waals surface area (Å²) in [5, 5.41) is 3.01. The van der Waals surface area contributed by atoms with Gasteiger partial charge in [0.1, 0.15) is 6.54 Å². The summed E-state index contributed by atoms with van der Waals surface area (Å²) in [6.45, 7) is 4.00. The highest BCUT2D eigenvalue weighted by Crippen LogP contribution is 2.21. The Hall–Kier alpha value is -2.87. The number of hydrogen-bond acceptors (Lipinski definition) is 4. The second-order valence-electron chi connectivity index (χ2n) is 7.51. The summed E-state index contributed by atoms with van der Waals surface area (Å²) in [6, 6.07) is 9.56. The number of carbonyl (C=O) groups excluding carboxylic acids is 1. The molecule has 0 fully saturated rings. The zero-order valence-electron chi connectivity index (χ0n) is 16.8. The van der Waals surface area contributed by atoms with Crippen molar-refractivity contribution in [2.24, 2.45) is 20.0 Å². The van der Waals surface area contributed by atoms with E-state index >= 15 is 0 Å². The van der Waals surface area contributed by atoms with Gasteiger partial charge >= 0.3 is 5.69 Å². The molecule has 9 heteroatoms. The lowest BCUT2D eigenvalue weighted by Crippen LogP contribution is -2.38. The largest absolute Gasteiger partial charge is 0.348 e. The zero-order chi connectivity index (χ0) is 21.3. The Labute approximate surface area is 172 Å². The number of amides is 1. The van der Waals surface area contributed by atoms with Crippen molar-refractivity contribution in [1.82, 2.24) is 24.0 Å². The number of halogens is 1. The second-order valence-corrected chi connectivity index (χ2v) is 7.84. The van der Waals surface area contributed by atoms with Crippen LogP contribution in [0.3, 0.4) is 0 Å². The van der Waals surface area contributed by atoms with Gasteiger partial charge in [0.05, 0.1) is 6.04 Å². The Morgan fingerprint density at radius 3 is 2.41 bits per heavy atom. The fourth-order valence-corrected chi connectivity index (χ4v) is 3.61. The molecule has 154 valence electrons. The molecule has 2 heterocycles. The molecule has 1 aromatic carbocycles. The molecule has 0 saturated heterocycles. The highest BCUT2D eigenvalue weighted by molar-refractivity contribution is 6.29. The molecule has 0 spiro atoms. The minimum Gasteiger partial charge on any atom is -0.348 e. The fourth-order valence-electron chi connectivity index (χ4n) is 3.38. The molecule has 0 unspecified atom stereocenters. The minimum atomic E-state index is -0.544. The maximum absolute atomic E-state index is 12.8. The molecule has 0 bridgehead atoms. The van der Waals surface area contributed by atoms with Gasteiger partial charge in [0.25, 0.3) is 5.56 Å². The maximum atomic E-state index is 12.8. The van der Waals surface area contributed by atoms with Crippen LogP contribution in [0, 0.1) is 5.92 Å². The van der Waals surface area contributed by atoms with E-state index in [9.17, 15) is 14.4 Å².